The first-order valence-electron chi connectivity index (χ1n) is 5.99. The van der Waals surface area contributed by atoms with Gasteiger partial charge in [-0.25, -0.2) is 0 Å². The molecule has 0 radical (unpaired) electrons. The van der Waals surface area contributed by atoms with Gasteiger partial charge in [0.05, 0.1) is 6.10 Å². The van der Waals surface area contributed by atoms with E-state index in [1.54, 1.807) is 0 Å². The minimum atomic E-state index is -0.234. The second-order valence-corrected chi connectivity index (χ2v) is 5.87. The Morgan fingerprint density at radius 2 is 2.07 bits per heavy atom. The zero-order chi connectivity index (χ0) is 11.5. The summed E-state index contributed by atoms with van der Waals surface area (Å²) in [4.78, 5) is 2.21. The smallest absolute Gasteiger partial charge is 0.0638 e. The van der Waals surface area contributed by atoms with Crippen molar-refractivity contribution in [3.05, 3.63) is 0 Å². The number of nitrogens with zero attached hydrogens (tertiary/aromatic N) is 1. The number of aliphatic hydroxyl groups excluding tert-OH is 1. The molecular formula is C12H26N2O. The number of aliphatic hydroxyl groups is 1. The highest BCUT2D eigenvalue weighted by Crippen LogP contribution is 2.22. The molecule has 3 nitrogen and oxygen atoms in total. The molecule has 1 fully saturated rings. The van der Waals surface area contributed by atoms with Crippen LogP contribution in [-0.4, -0.2) is 48.8 Å². The third-order valence-electron chi connectivity index (χ3n) is 2.72. The lowest BCUT2D eigenvalue weighted by atomic mass is 9.92. The molecule has 0 spiro atoms. The Balaban J connectivity index is 2.19. The van der Waals surface area contributed by atoms with E-state index in [1.165, 1.54) is 12.8 Å². The van der Waals surface area contributed by atoms with Crippen LogP contribution in [0.5, 0.6) is 0 Å². The predicted octanol–water partition coefficient (Wildman–Crippen LogP) is 1.08. The van der Waals surface area contributed by atoms with Crippen LogP contribution in [0.15, 0.2) is 0 Å². The van der Waals surface area contributed by atoms with Crippen LogP contribution in [0.25, 0.3) is 0 Å². The Bertz CT molecular complexity index is 188. The molecule has 1 rings (SSSR count). The summed E-state index contributed by atoms with van der Waals surface area (Å²) < 4.78 is 0. The van der Waals surface area contributed by atoms with Gasteiger partial charge in [-0.15, -0.1) is 0 Å². The van der Waals surface area contributed by atoms with Gasteiger partial charge in [-0.1, -0.05) is 13.8 Å². The predicted molar refractivity (Wildman–Crippen MR) is 64.0 cm³/mol. The van der Waals surface area contributed by atoms with Crippen LogP contribution in [0.2, 0.25) is 0 Å². The van der Waals surface area contributed by atoms with Gasteiger partial charge in [-0.3, -0.25) is 0 Å². The quantitative estimate of drug-likeness (QED) is 0.665. The first-order valence-corrected chi connectivity index (χ1v) is 5.99. The van der Waals surface area contributed by atoms with Crippen molar-refractivity contribution >= 4 is 0 Å². The Morgan fingerprint density at radius 3 is 2.53 bits per heavy atom. The third kappa shape index (κ3) is 6.13. The molecule has 1 aliphatic rings. The number of hydrogen-bond donors (Lipinski definition) is 2. The van der Waals surface area contributed by atoms with Crippen molar-refractivity contribution in [2.45, 2.75) is 45.8 Å². The SMILES string of the molecule is CC(O)CN(C)CC(C)(C)CNC1CC1. The van der Waals surface area contributed by atoms with E-state index in [1.807, 2.05) is 6.92 Å². The largest absolute Gasteiger partial charge is 0.392 e. The monoisotopic (exact) mass is 214 g/mol. The van der Waals surface area contributed by atoms with Crippen LogP contribution < -0.4 is 5.32 Å². The summed E-state index contributed by atoms with van der Waals surface area (Å²) >= 11 is 0. The van der Waals surface area contributed by atoms with E-state index in [0.717, 1.165) is 25.7 Å². The fraction of sp³-hybridized carbons (Fsp3) is 1.00. The van der Waals surface area contributed by atoms with Crippen molar-refractivity contribution in [3.63, 3.8) is 0 Å². The maximum absolute atomic E-state index is 9.29. The Labute approximate surface area is 93.9 Å². The molecule has 15 heavy (non-hydrogen) atoms. The van der Waals surface area contributed by atoms with Gasteiger partial charge in [-0.05, 0) is 32.2 Å². The highest BCUT2D eigenvalue weighted by Gasteiger charge is 2.26. The summed E-state index contributed by atoms with van der Waals surface area (Å²) in [5.74, 6) is 0. The van der Waals surface area contributed by atoms with E-state index in [4.69, 9.17) is 0 Å². The van der Waals surface area contributed by atoms with E-state index in [0.29, 0.717) is 0 Å². The van der Waals surface area contributed by atoms with Crippen molar-refractivity contribution in [2.75, 3.05) is 26.7 Å². The molecule has 0 aliphatic heterocycles. The first-order chi connectivity index (χ1) is 6.89. The molecule has 1 unspecified atom stereocenters. The van der Waals surface area contributed by atoms with Gasteiger partial charge in [-0.2, -0.15) is 0 Å². The second kappa shape index (κ2) is 5.28. The zero-order valence-electron chi connectivity index (χ0n) is 10.6. The summed E-state index contributed by atoms with van der Waals surface area (Å²) in [5.41, 5.74) is 0.284. The lowest BCUT2D eigenvalue weighted by Crippen LogP contribution is -2.41. The van der Waals surface area contributed by atoms with Crippen LogP contribution in [0, 0.1) is 5.41 Å². The molecular weight excluding hydrogens is 188 g/mol. The third-order valence-corrected chi connectivity index (χ3v) is 2.72. The Morgan fingerprint density at radius 1 is 1.47 bits per heavy atom. The molecule has 1 atom stereocenters. The molecule has 0 amide bonds. The number of hydrogen-bond acceptors (Lipinski definition) is 3. The summed E-state index contributed by atoms with van der Waals surface area (Å²) in [6.07, 6.45) is 2.46. The number of rotatable bonds is 7. The zero-order valence-corrected chi connectivity index (χ0v) is 10.6. The van der Waals surface area contributed by atoms with E-state index >= 15 is 0 Å². The molecule has 0 aromatic carbocycles. The van der Waals surface area contributed by atoms with Gasteiger partial charge in [0.1, 0.15) is 0 Å². The van der Waals surface area contributed by atoms with Gasteiger partial charge < -0.3 is 15.3 Å². The molecule has 1 aliphatic carbocycles. The van der Waals surface area contributed by atoms with Crippen LogP contribution in [0.1, 0.15) is 33.6 Å². The molecule has 3 heteroatoms. The molecule has 0 aromatic heterocycles. The van der Waals surface area contributed by atoms with Crippen LogP contribution in [0.4, 0.5) is 0 Å². The molecule has 0 heterocycles. The second-order valence-electron chi connectivity index (χ2n) is 5.87. The number of likely N-dealkylation sites (N-methyl/N-ethyl adjacent to an activating group) is 1. The maximum atomic E-state index is 9.29. The molecule has 0 saturated heterocycles. The molecule has 0 bridgehead atoms. The van der Waals surface area contributed by atoms with Gasteiger partial charge >= 0.3 is 0 Å². The highest BCUT2D eigenvalue weighted by molar-refractivity contribution is 4.85. The average Bonchev–Trinajstić information content (AvgIpc) is 2.80. The van der Waals surface area contributed by atoms with Crippen molar-refractivity contribution in [1.29, 1.82) is 0 Å². The van der Waals surface area contributed by atoms with Gasteiger partial charge in [0.15, 0.2) is 0 Å². The summed E-state index contributed by atoms with van der Waals surface area (Å²) in [7, 11) is 2.07. The minimum Gasteiger partial charge on any atom is -0.392 e. The molecule has 2 N–H and O–H groups in total. The van der Waals surface area contributed by atoms with Crippen LogP contribution >= 0.6 is 0 Å². The van der Waals surface area contributed by atoms with Crippen molar-refractivity contribution in [3.8, 4) is 0 Å². The van der Waals surface area contributed by atoms with E-state index in [-0.39, 0.29) is 11.5 Å². The van der Waals surface area contributed by atoms with Crippen LogP contribution in [0.3, 0.4) is 0 Å². The van der Waals surface area contributed by atoms with Crippen LogP contribution in [-0.2, 0) is 0 Å². The number of nitrogens with one attached hydrogen (secondary N) is 1. The topological polar surface area (TPSA) is 35.5 Å². The molecule has 0 aromatic rings. The molecule has 90 valence electrons. The van der Waals surface area contributed by atoms with Gasteiger partial charge in [0.25, 0.3) is 0 Å². The Kier molecular flexibility index (Phi) is 4.56. The lowest BCUT2D eigenvalue weighted by molar-refractivity contribution is 0.115. The minimum absolute atomic E-state index is 0.234. The summed E-state index contributed by atoms with van der Waals surface area (Å²) in [6, 6.07) is 0.784. The summed E-state index contributed by atoms with van der Waals surface area (Å²) in [6.45, 7) is 9.25. The van der Waals surface area contributed by atoms with Crippen molar-refractivity contribution < 1.29 is 5.11 Å². The fourth-order valence-electron chi connectivity index (χ4n) is 2.01. The van der Waals surface area contributed by atoms with Crippen molar-refractivity contribution in [1.82, 2.24) is 10.2 Å². The normalized spacial score (nSPS) is 19.6. The Hall–Kier alpha value is -0.120. The highest BCUT2D eigenvalue weighted by atomic mass is 16.3. The van der Waals surface area contributed by atoms with Crippen molar-refractivity contribution in [2.24, 2.45) is 5.41 Å². The molecule has 1 saturated carbocycles. The summed E-state index contributed by atoms with van der Waals surface area (Å²) in [5, 5.41) is 12.9. The average molecular weight is 214 g/mol. The fourth-order valence-corrected chi connectivity index (χ4v) is 2.01. The lowest BCUT2D eigenvalue weighted by Gasteiger charge is -2.31. The van der Waals surface area contributed by atoms with Gasteiger partial charge in [0, 0.05) is 25.7 Å². The standard InChI is InChI=1S/C12H26N2O/c1-10(15)7-14(4)9-12(2,3)8-13-11-5-6-11/h10-11,13,15H,5-9H2,1-4H3. The van der Waals surface area contributed by atoms with E-state index in [9.17, 15) is 5.11 Å². The first kappa shape index (κ1) is 12.9. The van der Waals surface area contributed by atoms with E-state index in [2.05, 4.69) is 31.1 Å². The van der Waals surface area contributed by atoms with E-state index < -0.39 is 0 Å². The maximum Gasteiger partial charge on any atom is 0.0638 e. The van der Waals surface area contributed by atoms with Gasteiger partial charge in [0.2, 0.25) is 0 Å².